The summed E-state index contributed by atoms with van der Waals surface area (Å²) >= 11 is 3.54. The lowest BCUT2D eigenvalue weighted by molar-refractivity contribution is 0.0941. The van der Waals surface area contributed by atoms with Gasteiger partial charge in [0.2, 0.25) is 0 Å². The highest BCUT2D eigenvalue weighted by Gasteiger charge is 2.18. The molecule has 3 nitrogen and oxygen atoms in total. The number of aromatic nitrogens is 1. The molecule has 0 radical (unpaired) electrons. The van der Waals surface area contributed by atoms with Crippen LogP contribution in [-0.2, 0) is 5.41 Å². The molecular weight excluding hydrogens is 472 g/mol. The average Bonchev–Trinajstić information content (AvgIpc) is 2.78. The fraction of sp³-hybridized carbons (Fsp3) is 0.241. The third-order valence-corrected chi connectivity index (χ3v) is 6.48. The van der Waals surface area contributed by atoms with Crippen molar-refractivity contribution in [1.82, 2.24) is 10.3 Å². The molecule has 33 heavy (non-hydrogen) atoms. The summed E-state index contributed by atoms with van der Waals surface area (Å²) in [4.78, 5) is 18.3. The topological polar surface area (TPSA) is 42.0 Å². The van der Waals surface area contributed by atoms with Crippen LogP contribution >= 0.6 is 15.9 Å². The van der Waals surface area contributed by atoms with Crippen LogP contribution < -0.4 is 5.32 Å². The molecule has 0 spiro atoms. The Labute approximate surface area is 204 Å². The largest absolute Gasteiger partial charge is 0.345 e. The Morgan fingerprint density at radius 3 is 2.24 bits per heavy atom. The van der Waals surface area contributed by atoms with Gasteiger partial charge in [-0.25, -0.2) is 4.98 Å². The normalized spacial score (nSPS) is 12.5. The first-order valence-corrected chi connectivity index (χ1v) is 12.0. The maximum Gasteiger partial charge on any atom is 0.252 e. The van der Waals surface area contributed by atoms with E-state index in [9.17, 15) is 4.79 Å². The van der Waals surface area contributed by atoms with E-state index in [0.29, 0.717) is 5.56 Å². The smallest absolute Gasteiger partial charge is 0.252 e. The summed E-state index contributed by atoms with van der Waals surface area (Å²) in [7, 11) is 0. The molecule has 168 valence electrons. The standard InChI is InChI=1S/C29H29BrN2O/c1-18-6-8-21(9-7-18)27-17-25(24-16-23(30)14-15-26(24)32-27)28(33)31-19(2)20-10-12-22(13-11-20)29(3,4)5/h6-17,19H,1-5H3,(H,31,33)/t19-/m0/s1. The van der Waals surface area contributed by atoms with Crippen molar-refractivity contribution in [2.75, 3.05) is 0 Å². The summed E-state index contributed by atoms with van der Waals surface area (Å²) < 4.78 is 0.916. The van der Waals surface area contributed by atoms with E-state index in [1.54, 1.807) is 0 Å². The number of benzene rings is 3. The van der Waals surface area contributed by atoms with Gasteiger partial charge in [-0.15, -0.1) is 0 Å². The van der Waals surface area contributed by atoms with Crippen LogP contribution in [0.1, 0.15) is 60.8 Å². The number of hydrogen-bond donors (Lipinski definition) is 1. The van der Waals surface area contributed by atoms with E-state index in [1.165, 1.54) is 11.1 Å². The first kappa shape index (κ1) is 23.2. The van der Waals surface area contributed by atoms with Crippen molar-refractivity contribution in [2.45, 2.75) is 46.1 Å². The van der Waals surface area contributed by atoms with Crippen LogP contribution in [0, 0.1) is 6.92 Å². The van der Waals surface area contributed by atoms with E-state index < -0.39 is 0 Å². The Bertz CT molecular complexity index is 1300. The van der Waals surface area contributed by atoms with Crippen LogP contribution in [0.2, 0.25) is 0 Å². The molecule has 0 bridgehead atoms. The van der Waals surface area contributed by atoms with Crippen molar-refractivity contribution in [3.63, 3.8) is 0 Å². The highest BCUT2D eigenvalue weighted by Crippen LogP contribution is 2.29. The first-order valence-electron chi connectivity index (χ1n) is 11.2. The number of carbonyl (C=O) groups excluding carboxylic acids is 1. The van der Waals surface area contributed by atoms with Crippen molar-refractivity contribution in [1.29, 1.82) is 0 Å². The lowest BCUT2D eigenvalue weighted by Gasteiger charge is -2.21. The number of fused-ring (bicyclic) bond motifs is 1. The summed E-state index contributed by atoms with van der Waals surface area (Å²) in [6, 6.07) is 24.3. The van der Waals surface area contributed by atoms with E-state index in [0.717, 1.165) is 32.2 Å². The lowest BCUT2D eigenvalue weighted by atomic mass is 9.86. The van der Waals surface area contributed by atoms with E-state index >= 15 is 0 Å². The predicted octanol–water partition coefficient (Wildman–Crippen LogP) is 7.76. The second-order valence-electron chi connectivity index (χ2n) is 9.65. The highest BCUT2D eigenvalue weighted by atomic mass is 79.9. The van der Waals surface area contributed by atoms with Crippen molar-refractivity contribution >= 4 is 32.7 Å². The average molecular weight is 501 g/mol. The second kappa shape index (κ2) is 9.11. The van der Waals surface area contributed by atoms with E-state index in [2.05, 4.69) is 85.3 Å². The molecule has 0 fully saturated rings. The zero-order valence-electron chi connectivity index (χ0n) is 19.7. The van der Waals surface area contributed by atoms with Crippen molar-refractivity contribution < 1.29 is 4.79 Å². The van der Waals surface area contributed by atoms with E-state index in [1.807, 2.05) is 43.3 Å². The number of hydrogen-bond acceptors (Lipinski definition) is 2. The maximum absolute atomic E-state index is 13.5. The molecule has 3 aromatic carbocycles. The van der Waals surface area contributed by atoms with Crippen molar-refractivity contribution in [2.24, 2.45) is 0 Å². The van der Waals surface area contributed by atoms with Gasteiger partial charge < -0.3 is 5.32 Å². The van der Waals surface area contributed by atoms with Gasteiger partial charge in [0.15, 0.2) is 0 Å². The Morgan fingerprint density at radius 2 is 1.61 bits per heavy atom. The number of aryl methyl sites for hydroxylation is 1. The molecule has 1 N–H and O–H groups in total. The summed E-state index contributed by atoms with van der Waals surface area (Å²) in [6.45, 7) is 10.7. The summed E-state index contributed by atoms with van der Waals surface area (Å²) in [6.07, 6.45) is 0. The lowest BCUT2D eigenvalue weighted by Crippen LogP contribution is -2.27. The van der Waals surface area contributed by atoms with Gasteiger partial charge in [0, 0.05) is 15.4 Å². The molecule has 0 saturated carbocycles. The number of nitrogens with zero attached hydrogens (tertiary/aromatic N) is 1. The van der Waals surface area contributed by atoms with Gasteiger partial charge in [0.05, 0.1) is 22.8 Å². The highest BCUT2D eigenvalue weighted by molar-refractivity contribution is 9.10. The summed E-state index contributed by atoms with van der Waals surface area (Å²) in [5.41, 5.74) is 6.83. The molecule has 0 aliphatic carbocycles. The van der Waals surface area contributed by atoms with Crippen LogP contribution in [0.3, 0.4) is 0 Å². The molecule has 1 atom stereocenters. The molecule has 4 aromatic rings. The second-order valence-corrected chi connectivity index (χ2v) is 10.6. The summed E-state index contributed by atoms with van der Waals surface area (Å²) in [5.74, 6) is -0.110. The minimum absolute atomic E-state index is 0.0980. The fourth-order valence-corrected chi connectivity index (χ4v) is 4.25. The molecule has 4 heteroatoms. The number of nitrogens with one attached hydrogen (secondary N) is 1. The van der Waals surface area contributed by atoms with Crippen LogP contribution in [0.25, 0.3) is 22.2 Å². The third kappa shape index (κ3) is 5.17. The Kier molecular flexibility index (Phi) is 6.40. The van der Waals surface area contributed by atoms with Gasteiger partial charge in [-0.2, -0.15) is 0 Å². The zero-order chi connectivity index (χ0) is 23.8. The van der Waals surface area contributed by atoms with Gasteiger partial charge in [0.25, 0.3) is 5.91 Å². The molecule has 0 aliphatic rings. The zero-order valence-corrected chi connectivity index (χ0v) is 21.3. The summed E-state index contributed by atoms with van der Waals surface area (Å²) in [5, 5.41) is 4.01. The van der Waals surface area contributed by atoms with Gasteiger partial charge >= 0.3 is 0 Å². The van der Waals surface area contributed by atoms with Crippen molar-refractivity contribution in [3.8, 4) is 11.3 Å². The molecule has 1 heterocycles. The Balaban J connectivity index is 1.69. The minimum atomic E-state index is -0.121. The number of pyridine rings is 1. The van der Waals surface area contributed by atoms with Gasteiger partial charge in [-0.05, 0) is 54.7 Å². The fourth-order valence-electron chi connectivity index (χ4n) is 3.89. The third-order valence-electron chi connectivity index (χ3n) is 5.99. The van der Waals surface area contributed by atoms with E-state index in [-0.39, 0.29) is 17.4 Å². The van der Waals surface area contributed by atoms with Crippen LogP contribution in [-0.4, -0.2) is 10.9 Å². The molecular formula is C29H29BrN2O. The van der Waals surface area contributed by atoms with Gasteiger partial charge in [-0.3, -0.25) is 4.79 Å². The number of halogens is 1. The van der Waals surface area contributed by atoms with Crippen LogP contribution in [0.5, 0.6) is 0 Å². The van der Waals surface area contributed by atoms with Crippen LogP contribution in [0.4, 0.5) is 0 Å². The molecule has 1 aromatic heterocycles. The predicted molar refractivity (Wildman–Crippen MR) is 141 cm³/mol. The minimum Gasteiger partial charge on any atom is -0.345 e. The molecule has 0 aliphatic heterocycles. The molecule has 0 saturated heterocycles. The Morgan fingerprint density at radius 1 is 0.939 bits per heavy atom. The van der Waals surface area contributed by atoms with Gasteiger partial charge in [0.1, 0.15) is 0 Å². The number of rotatable bonds is 4. The monoisotopic (exact) mass is 500 g/mol. The quantitative estimate of drug-likeness (QED) is 0.311. The molecule has 4 rings (SSSR count). The SMILES string of the molecule is Cc1ccc(-c2cc(C(=O)N[C@@H](C)c3ccc(C(C)(C)C)cc3)c3cc(Br)ccc3n2)cc1. The van der Waals surface area contributed by atoms with Gasteiger partial charge in [-0.1, -0.05) is 90.8 Å². The molecule has 0 unspecified atom stereocenters. The molecule has 1 amide bonds. The van der Waals surface area contributed by atoms with Crippen molar-refractivity contribution in [3.05, 3.63) is 99.5 Å². The first-order chi connectivity index (χ1) is 15.6. The van der Waals surface area contributed by atoms with Crippen LogP contribution in [0.15, 0.2) is 77.3 Å². The number of amides is 1. The van der Waals surface area contributed by atoms with E-state index in [4.69, 9.17) is 4.98 Å². The maximum atomic E-state index is 13.5. The number of carbonyl (C=O) groups is 1. The Hall–Kier alpha value is -2.98.